The Labute approximate surface area is 147 Å². The molecule has 2 aliphatic heterocycles. The van der Waals surface area contributed by atoms with Crippen molar-refractivity contribution in [3.8, 4) is 5.75 Å². The van der Waals surface area contributed by atoms with Crippen LogP contribution in [-0.2, 0) is 4.79 Å². The topological polar surface area (TPSA) is 58.6 Å². The van der Waals surface area contributed by atoms with E-state index >= 15 is 0 Å². The van der Waals surface area contributed by atoms with Crippen molar-refractivity contribution in [2.24, 2.45) is 5.41 Å². The number of nitrogens with zero attached hydrogens (tertiary/aromatic N) is 4. The zero-order valence-corrected chi connectivity index (χ0v) is 14.6. The third-order valence-corrected chi connectivity index (χ3v) is 5.23. The molecular formula is C19H22N4O2. The van der Waals surface area contributed by atoms with Gasteiger partial charge in [0.25, 0.3) is 0 Å². The molecule has 3 heterocycles. The summed E-state index contributed by atoms with van der Waals surface area (Å²) in [6, 6.07) is 11.7. The van der Waals surface area contributed by atoms with Crippen molar-refractivity contribution in [2.45, 2.75) is 19.8 Å². The van der Waals surface area contributed by atoms with E-state index in [0.717, 1.165) is 49.0 Å². The quantitative estimate of drug-likeness (QED) is 0.860. The number of hydrogen-bond donors (Lipinski definition) is 0. The van der Waals surface area contributed by atoms with Crippen LogP contribution >= 0.6 is 0 Å². The predicted molar refractivity (Wildman–Crippen MR) is 96.0 cm³/mol. The molecule has 0 unspecified atom stereocenters. The van der Waals surface area contributed by atoms with Crippen molar-refractivity contribution in [3.63, 3.8) is 0 Å². The van der Waals surface area contributed by atoms with Crippen LogP contribution in [0.15, 0.2) is 36.4 Å². The summed E-state index contributed by atoms with van der Waals surface area (Å²) in [5, 5.41) is 8.45. The second-order valence-corrected chi connectivity index (χ2v) is 7.06. The molecule has 0 saturated carbocycles. The molecule has 2 fully saturated rings. The maximum absolute atomic E-state index is 12.7. The molecule has 130 valence electrons. The van der Waals surface area contributed by atoms with Gasteiger partial charge in [0.2, 0.25) is 5.91 Å². The van der Waals surface area contributed by atoms with Crippen molar-refractivity contribution in [1.29, 1.82) is 0 Å². The van der Waals surface area contributed by atoms with Gasteiger partial charge >= 0.3 is 0 Å². The zero-order valence-electron chi connectivity index (χ0n) is 14.6. The van der Waals surface area contributed by atoms with Gasteiger partial charge in [0, 0.05) is 43.2 Å². The molecule has 6 heteroatoms. The van der Waals surface area contributed by atoms with Crippen LogP contribution in [0.5, 0.6) is 5.75 Å². The molecule has 2 aliphatic rings. The Morgan fingerprint density at radius 3 is 2.80 bits per heavy atom. The molecule has 1 aromatic carbocycles. The Kier molecular flexibility index (Phi) is 3.82. The number of rotatable bonds is 3. The van der Waals surface area contributed by atoms with E-state index < -0.39 is 0 Å². The van der Waals surface area contributed by atoms with Gasteiger partial charge in [-0.3, -0.25) is 4.79 Å². The van der Waals surface area contributed by atoms with Gasteiger partial charge in [-0.05, 0) is 37.6 Å². The largest absolute Gasteiger partial charge is 0.497 e. The number of aryl methyl sites for hydroxylation is 1. The summed E-state index contributed by atoms with van der Waals surface area (Å²) in [7, 11) is 1.64. The fourth-order valence-electron chi connectivity index (χ4n) is 3.87. The smallest absolute Gasteiger partial charge is 0.227 e. The van der Waals surface area contributed by atoms with Crippen LogP contribution in [0.1, 0.15) is 18.5 Å². The fourth-order valence-corrected chi connectivity index (χ4v) is 3.87. The molecular weight excluding hydrogens is 316 g/mol. The molecule has 25 heavy (non-hydrogen) atoms. The van der Waals surface area contributed by atoms with Gasteiger partial charge in [-0.15, -0.1) is 5.10 Å². The lowest BCUT2D eigenvalue weighted by Crippen LogP contribution is -2.31. The molecule has 4 rings (SSSR count). The number of anilines is 2. The van der Waals surface area contributed by atoms with Crippen LogP contribution in [-0.4, -0.2) is 42.8 Å². The van der Waals surface area contributed by atoms with Gasteiger partial charge in [-0.25, -0.2) is 0 Å². The summed E-state index contributed by atoms with van der Waals surface area (Å²) < 4.78 is 5.29. The van der Waals surface area contributed by atoms with Crippen molar-refractivity contribution in [2.75, 3.05) is 36.5 Å². The van der Waals surface area contributed by atoms with E-state index in [1.165, 1.54) is 0 Å². The van der Waals surface area contributed by atoms with Crippen LogP contribution in [0.4, 0.5) is 11.5 Å². The Morgan fingerprint density at radius 1 is 1.16 bits per heavy atom. The minimum Gasteiger partial charge on any atom is -0.497 e. The molecule has 2 aromatic rings. The van der Waals surface area contributed by atoms with Crippen LogP contribution < -0.4 is 14.5 Å². The first-order chi connectivity index (χ1) is 12.1. The molecule has 1 aromatic heterocycles. The van der Waals surface area contributed by atoms with Crippen molar-refractivity contribution >= 4 is 17.4 Å². The Hall–Kier alpha value is -2.63. The van der Waals surface area contributed by atoms with Crippen molar-refractivity contribution in [3.05, 3.63) is 42.1 Å². The van der Waals surface area contributed by atoms with E-state index in [2.05, 4.69) is 15.1 Å². The van der Waals surface area contributed by atoms with E-state index in [-0.39, 0.29) is 11.3 Å². The Bertz CT molecular complexity index is 792. The number of aromatic nitrogens is 2. The third kappa shape index (κ3) is 2.92. The number of carbonyl (C=O) groups is 1. The van der Waals surface area contributed by atoms with E-state index in [9.17, 15) is 4.79 Å². The number of benzene rings is 1. The maximum Gasteiger partial charge on any atom is 0.227 e. The monoisotopic (exact) mass is 338 g/mol. The zero-order chi connectivity index (χ0) is 17.4. The normalized spacial score (nSPS) is 22.9. The molecule has 0 N–H and O–H groups in total. The van der Waals surface area contributed by atoms with E-state index in [1.54, 1.807) is 7.11 Å². The van der Waals surface area contributed by atoms with Gasteiger partial charge in [-0.2, -0.15) is 5.10 Å². The summed E-state index contributed by atoms with van der Waals surface area (Å²) in [5.74, 6) is 1.86. The van der Waals surface area contributed by atoms with Crippen molar-refractivity contribution in [1.82, 2.24) is 10.2 Å². The highest BCUT2D eigenvalue weighted by molar-refractivity contribution is 5.96. The van der Waals surface area contributed by atoms with E-state index in [1.807, 2.05) is 48.2 Å². The van der Waals surface area contributed by atoms with Gasteiger partial charge < -0.3 is 14.5 Å². The summed E-state index contributed by atoms with van der Waals surface area (Å²) >= 11 is 0. The average Bonchev–Trinajstić information content (AvgIpc) is 3.19. The molecule has 1 spiro atoms. The minimum absolute atomic E-state index is 0.00722. The number of methoxy groups -OCH3 is 1. The lowest BCUT2D eigenvalue weighted by Gasteiger charge is -2.24. The highest BCUT2D eigenvalue weighted by atomic mass is 16.5. The van der Waals surface area contributed by atoms with Crippen molar-refractivity contribution < 1.29 is 9.53 Å². The first kappa shape index (κ1) is 15.9. The van der Waals surface area contributed by atoms with Crippen LogP contribution in [0.25, 0.3) is 0 Å². The van der Waals surface area contributed by atoms with Gasteiger partial charge in [0.1, 0.15) is 5.75 Å². The van der Waals surface area contributed by atoms with E-state index in [0.29, 0.717) is 6.42 Å². The number of amides is 1. The molecule has 1 amide bonds. The van der Waals surface area contributed by atoms with Crippen LogP contribution in [0, 0.1) is 12.3 Å². The molecule has 1 atom stereocenters. The minimum atomic E-state index is -0.00722. The summed E-state index contributed by atoms with van der Waals surface area (Å²) in [6.45, 7) is 4.44. The third-order valence-electron chi connectivity index (χ3n) is 5.23. The Balaban J connectivity index is 1.52. The summed E-state index contributed by atoms with van der Waals surface area (Å²) in [5.41, 5.74) is 1.82. The summed E-state index contributed by atoms with van der Waals surface area (Å²) in [6.07, 6.45) is 1.58. The average molecular weight is 338 g/mol. The SMILES string of the molecule is COc1cccc(N2C[C@]3(CCN(c4ccc(C)nn4)C3)CC2=O)c1. The Morgan fingerprint density at radius 2 is 2.04 bits per heavy atom. The first-order valence-electron chi connectivity index (χ1n) is 8.58. The molecule has 0 aliphatic carbocycles. The number of ether oxygens (including phenoxy) is 1. The number of carbonyl (C=O) groups excluding carboxylic acids is 1. The maximum atomic E-state index is 12.7. The van der Waals surface area contributed by atoms with Crippen LogP contribution in [0.2, 0.25) is 0 Å². The van der Waals surface area contributed by atoms with E-state index in [4.69, 9.17) is 4.74 Å². The lowest BCUT2D eigenvalue weighted by molar-refractivity contribution is -0.117. The van der Waals surface area contributed by atoms with Gasteiger partial charge in [-0.1, -0.05) is 6.07 Å². The molecule has 6 nitrogen and oxygen atoms in total. The predicted octanol–water partition coefficient (Wildman–Crippen LogP) is 2.43. The standard InChI is InChI=1S/C19H22N4O2/c1-14-6-7-17(21-20-14)22-9-8-19(12-22)11-18(24)23(13-19)15-4-3-5-16(10-15)25-2/h3-7,10H,8-9,11-13H2,1-2H3/t19-/m1/s1. The first-order valence-corrected chi connectivity index (χ1v) is 8.58. The summed E-state index contributed by atoms with van der Waals surface area (Å²) in [4.78, 5) is 16.8. The molecule has 0 bridgehead atoms. The lowest BCUT2D eigenvalue weighted by atomic mass is 9.86. The van der Waals surface area contributed by atoms with Gasteiger partial charge in [0.05, 0.1) is 12.8 Å². The fraction of sp³-hybridized carbons (Fsp3) is 0.421. The molecule has 0 radical (unpaired) electrons. The molecule has 2 saturated heterocycles. The van der Waals surface area contributed by atoms with Crippen LogP contribution in [0.3, 0.4) is 0 Å². The highest BCUT2D eigenvalue weighted by Crippen LogP contribution is 2.43. The number of hydrogen-bond acceptors (Lipinski definition) is 5. The van der Waals surface area contributed by atoms with Gasteiger partial charge in [0.15, 0.2) is 5.82 Å². The second kappa shape index (κ2) is 6.02. The second-order valence-electron chi connectivity index (χ2n) is 7.06. The highest BCUT2D eigenvalue weighted by Gasteiger charge is 2.48.